The lowest BCUT2D eigenvalue weighted by atomic mass is 10.1. The second-order valence-corrected chi connectivity index (χ2v) is 6.54. The quantitative estimate of drug-likeness (QED) is 0.365. The van der Waals surface area contributed by atoms with Crippen LogP contribution in [-0.2, 0) is 0 Å². The Morgan fingerprint density at radius 2 is 1.76 bits per heavy atom. The molecule has 0 saturated heterocycles. The molecule has 0 radical (unpaired) electrons. The van der Waals surface area contributed by atoms with E-state index < -0.39 is 5.97 Å². The first-order valence-corrected chi connectivity index (χ1v) is 9.06. The second-order valence-electron chi connectivity index (χ2n) is 6.54. The second kappa shape index (κ2) is 7.64. The van der Waals surface area contributed by atoms with Crippen molar-refractivity contribution in [1.82, 2.24) is 0 Å². The van der Waals surface area contributed by atoms with Crippen molar-refractivity contribution in [3.8, 4) is 17.2 Å². The minimum atomic E-state index is -0.461. The van der Waals surface area contributed by atoms with Gasteiger partial charge in [0.1, 0.15) is 17.2 Å². The van der Waals surface area contributed by atoms with Gasteiger partial charge in [0, 0.05) is 11.6 Å². The number of allylic oxidation sites excluding steroid dienone is 1. The van der Waals surface area contributed by atoms with Crippen LogP contribution in [0.1, 0.15) is 31.8 Å². The molecule has 3 aromatic rings. The van der Waals surface area contributed by atoms with Gasteiger partial charge in [0.25, 0.3) is 0 Å². The highest BCUT2D eigenvalue weighted by molar-refractivity contribution is 6.14. The van der Waals surface area contributed by atoms with Crippen LogP contribution >= 0.6 is 0 Å². The molecule has 0 aromatic heterocycles. The molecular formula is C24H18O5. The Labute approximate surface area is 168 Å². The topological polar surface area (TPSA) is 61.8 Å². The molecule has 4 rings (SSSR count). The van der Waals surface area contributed by atoms with Gasteiger partial charge in [0.05, 0.1) is 18.2 Å². The summed E-state index contributed by atoms with van der Waals surface area (Å²) in [6.45, 7) is 1.84. The first-order valence-electron chi connectivity index (χ1n) is 9.06. The Hall–Kier alpha value is -3.86. The number of benzene rings is 3. The van der Waals surface area contributed by atoms with Gasteiger partial charge in [-0.25, -0.2) is 4.79 Å². The summed E-state index contributed by atoms with van der Waals surface area (Å²) >= 11 is 0. The lowest BCUT2D eigenvalue weighted by Crippen LogP contribution is -2.10. The predicted molar refractivity (Wildman–Crippen MR) is 109 cm³/mol. The average Bonchev–Trinajstić information content (AvgIpc) is 3.03. The molecule has 3 aromatic carbocycles. The number of ketones is 1. The lowest BCUT2D eigenvalue weighted by Gasteiger charge is -2.07. The molecule has 0 atom stereocenters. The molecule has 0 N–H and O–H groups in total. The monoisotopic (exact) mass is 386 g/mol. The first kappa shape index (κ1) is 18.5. The van der Waals surface area contributed by atoms with E-state index in [9.17, 15) is 9.59 Å². The summed E-state index contributed by atoms with van der Waals surface area (Å²) < 4.78 is 16.5. The van der Waals surface area contributed by atoms with Gasteiger partial charge in [-0.05, 0) is 42.8 Å². The molecule has 144 valence electrons. The van der Waals surface area contributed by atoms with Gasteiger partial charge in [-0.1, -0.05) is 36.4 Å². The van der Waals surface area contributed by atoms with Gasteiger partial charge in [-0.3, -0.25) is 4.79 Å². The van der Waals surface area contributed by atoms with Crippen molar-refractivity contribution < 1.29 is 23.8 Å². The minimum absolute atomic E-state index is 0.187. The van der Waals surface area contributed by atoms with Crippen LogP contribution in [0, 0.1) is 6.92 Å². The summed E-state index contributed by atoms with van der Waals surface area (Å²) in [6.07, 6.45) is 1.64. The number of esters is 1. The average molecular weight is 386 g/mol. The maximum atomic E-state index is 12.7. The van der Waals surface area contributed by atoms with Crippen LogP contribution in [0.5, 0.6) is 17.2 Å². The number of ether oxygens (including phenoxy) is 3. The third-order valence-electron chi connectivity index (χ3n) is 4.64. The summed E-state index contributed by atoms with van der Waals surface area (Å²) in [5, 5.41) is 0. The Morgan fingerprint density at radius 1 is 1.00 bits per heavy atom. The number of para-hydroxylation sites is 1. The standard InChI is InChI=1S/C24H18O5/c1-15-7-3-5-9-18(15)24(26)28-17-11-12-19-21(14-17)29-22(23(19)25)13-16-8-4-6-10-20(16)27-2/h3-14H,1-2H3/b22-13-. The first-order chi connectivity index (χ1) is 14.1. The van der Waals surface area contributed by atoms with E-state index in [1.165, 1.54) is 0 Å². The van der Waals surface area contributed by atoms with Crippen molar-refractivity contribution in [3.63, 3.8) is 0 Å². The van der Waals surface area contributed by atoms with Crippen molar-refractivity contribution in [3.05, 3.63) is 94.7 Å². The van der Waals surface area contributed by atoms with Crippen LogP contribution in [0.25, 0.3) is 6.08 Å². The predicted octanol–water partition coefficient (Wildman–Crippen LogP) is 4.84. The van der Waals surface area contributed by atoms with Crippen molar-refractivity contribution >= 4 is 17.8 Å². The SMILES string of the molecule is COc1ccccc1/C=C1\Oc2cc(OC(=O)c3ccccc3C)ccc2C1=O. The molecule has 5 heteroatoms. The van der Waals surface area contributed by atoms with E-state index in [-0.39, 0.29) is 11.5 Å². The van der Waals surface area contributed by atoms with E-state index in [0.717, 1.165) is 11.1 Å². The van der Waals surface area contributed by atoms with E-state index in [0.29, 0.717) is 28.4 Å². The zero-order chi connectivity index (χ0) is 20.4. The normalized spacial score (nSPS) is 13.7. The summed E-state index contributed by atoms with van der Waals surface area (Å²) in [5.74, 6) is 0.793. The molecule has 29 heavy (non-hydrogen) atoms. The van der Waals surface area contributed by atoms with E-state index in [1.54, 1.807) is 43.5 Å². The fourth-order valence-corrected chi connectivity index (χ4v) is 3.12. The Balaban J connectivity index is 1.58. The number of hydrogen-bond donors (Lipinski definition) is 0. The summed E-state index contributed by atoms with van der Waals surface area (Å²) in [6, 6.07) is 19.3. The molecule has 0 spiro atoms. The Morgan fingerprint density at radius 3 is 2.55 bits per heavy atom. The van der Waals surface area contributed by atoms with Crippen molar-refractivity contribution in [2.75, 3.05) is 7.11 Å². The molecule has 1 aliphatic rings. The van der Waals surface area contributed by atoms with Gasteiger partial charge in [0.15, 0.2) is 5.76 Å². The molecule has 0 amide bonds. The highest BCUT2D eigenvalue weighted by atomic mass is 16.5. The Kier molecular flexibility index (Phi) is 4.87. The zero-order valence-electron chi connectivity index (χ0n) is 16.0. The minimum Gasteiger partial charge on any atom is -0.496 e. The molecule has 0 fully saturated rings. The van der Waals surface area contributed by atoms with Gasteiger partial charge in [-0.2, -0.15) is 0 Å². The fraction of sp³-hybridized carbons (Fsp3) is 0.0833. The number of hydrogen-bond acceptors (Lipinski definition) is 5. The highest BCUT2D eigenvalue weighted by Crippen LogP contribution is 2.36. The molecule has 1 aliphatic heterocycles. The largest absolute Gasteiger partial charge is 0.496 e. The van der Waals surface area contributed by atoms with Gasteiger partial charge < -0.3 is 14.2 Å². The smallest absolute Gasteiger partial charge is 0.343 e. The third-order valence-corrected chi connectivity index (χ3v) is 4.64. The van der Waals surface area contributed by atoms with Crippen LogP contribution in [0.2, 0.25) is 0 Å². The van der Waals surface area contributed by atoms with E-state index in [4.69, 9.17) is 14.2 Å². The van der Waals surface area contributed by atoms with E-state index in [1.807, 2.05) is 43.3 Å². The molecule has 0 unspecified atom stereocenters. The number of carbonyl (C=O) groups excluding carboxylic acids is 2. The number of Topliss-reactive ketones (excluding diaryl/α,β-unsaturated/α-hetero) is 1. The van der Waals surface area contributed by atoms with Gasteiger partial charge >= 0.3 is 5.97 Å². The van der Waals surface area contributed by atoms with Gasteiger partial charge in [0.2, 0.25) is 5.78 Å². The van der Waals surface area contributed by atoms with Crippen LogP contribution in [0.4, 0.5) is 0 Å². The van der Waals surface area contributed by atoms with Crippen molar-refractivity contribution in [2.45, 2.75) is 6.92 Å². The Bertz CT molecular complexity index is 1140. The molecule has 1 heterocycles. The number of aryl methyl sites for hydroxylation is 1. The zero-order valence-corrected chi connectivity index (χ0v) is 16.0. The van der Waals surface area contributed by atoms with Crippen LogP contribution in [-0.4, -0.2) is 18.9 Å². The fourth-order valence-electron chi connectivity index (χ4n) is 3.12. The molecule has 5 nitrogen and oxygen atoms in total. The van der Waals surface area contributed by atoms with Crippen LogP contribution in [0.15, 0.2) is 72.5 Å². The van der Waals surface area contributed by atoms with Crippen molar-refractivity contribution in [1.29, 1.82) is 0 Å². The molecule has 0 aliphatic carbocycles. The molecule has 0 bridgehead atoms. The third kappa shape index (κ3) is 3.62. The number of methoxy groups -OCH3 is 1. The van der Waals surface area contributed by atoms with Crippen LogP contribution < -0.4 is 14.2 Å². The number of rotatable bonds is 4. The highest BCUT2D eigenvalue weighted by Gasteiger charge is 2.28. The van der Waals surface area contributed by atoms with Crippen molar-refractivity contribution in [2.24, 2.45) is 0 Å². The molecule has 0 saturated carbocycles. The maximum Gasteiger partial charge on any atom is 0.343 e. The molecular weight excluding hydrogens is 368 g/mol. The van der Waals surface area contributed by atoms with E-state index >= 15 is 0 Å². The lowest BCUT2D eigenvalue weighted by molar-refractivity contribution is 0.0733. The summed E-state index contributed by atoms with van der Waals surface area (Å²) in [7, 11) is 1.57. The van der Waals surface area contributed by atoms with Gasteiger partial charge in [-0.15, -0.1) is 0 Å². The summed E-state index contributed by atoms with van der Waals surface area (Å²) in [5.41, 5.74) is 2.47. The van der Waals surface area contributed by atoms with E-state index in [2.05, 4.69) is 0 Å². The summed E-state index contributed by atoms with van der Waals surface area (Å²) in [4.78, 5) is 25.1. The number of fused-ring (bicyclic) bond motifs is 1. The van der Waals surface area contributed by atoms with Crippen LogP contribution in [0.3, 0.4) is 0 Å². The number of carbonyl (C=O) groups is 2. The maximum absolute atomic E-state index is 12.7.